The second-order valence-corrected chi connectivity index (χ2v) is 9.07. The molecule has 13 heteroatoms. The third-order valence-corrected chi connectivity index (χ3v) is 6.39. The Kier molecular flexibility index (Phi) is 7.70. The lowest BCUT2D eigenvalue weighted by molar-refractivity contribution is -0.142. The van der Waals surface area contributed by atoms with Crippen LogP contribution in [0, 0.1) is 18.6 Å². The molecule has 1 fully saturated rings. The van der Waals surface area contributed by atoms with Crippen LogP contribution in [0.5, 0.6) is 0 Å². The van der Waals surface area contributed by atoms with Crippen molar-refractivity contribution >= 4 is 5.91 Å². The first kappa shape index (κ1) is 27.5. The van der Waals surface area contributed by atoms with Crippen molar-refractivity contribution in [1.29, 1.82) is 0 Å². The zero-order chi connectivity index (χ0) is 27.8. The summed E-state index contributed by atoms with van der Waals surface area (Å²) in [6.07, 6.45) is -2.91. The Morgan fingerprint density at radius 3 is 2.50 bits per heavy atom. The lowest BCUT2D eigenvalue weighted by atomic mass is 10.0. The summed E-state index contributed by atoms with van der Waals surface area (Å²) in [7, 11) is 0. The highest BCUT2D eigenvalue weighted by Gasteiger charge is 2.39. The number of alkyl halides is 3. The minimum atomic E-state index is -5.17. The van der Waals surface area contributed by atoms with Gasteiger partial charge in [0.25, 0.3) is 11.5 Å². The molecular weight excluding hydrogens is 515 g/mol. The summed E-state index contributed by atoms with van der Waals surface area (Å²) in [5.41, 5.74) is -1.62. The Balaban J connectivity index is 1.49. The van der Waals surface area contributed by atoms with E-state index in [1.54, 1.807) is 20.0 Å². The van der Waals surface area contributed by atoms with Crippen LogP contribution in [0.3, 0.4) is 0 Å². The number of hydrogen-bond donors (Lipinski definition) is 2. The lowest BCUT2D eigenvalue weighted by Crippen LogP contribution is -2.43. The van der Waals surface area contributed by atoms with Gasteiger partial charge < -0.3 is 19.7 Å². The van der Waals surface area contributed by atoms with E-state index in [4.69, 9.17) is 4.74 Å². The van der Waals surface area contributed by atoms with Crippen LogP contribution in [0.4, 0.5) is 22.0 Å². The minimum Gasteiger partial charge on any atom is -0.395 e. The molecular formula is C25H25F5N4O4. The molecule has 2 N–H and O–H groups in total. The van der Waals surface area contributed by atoms with E-state index in [0.717, 1.165) is 4.57 Å². The number of aliphatic hydroxyl groups is 1. The number of aryl methyl sites for hydroxylation is 1. The minimum absolute atomic E-state index is 0.00193. The summed E-state index contributed by atoms with van der Waals surface area (Å²) in [5, 5.41) is 12.2. The van der Waals surface area contributed by atoms with Crippen molar-refractivity contribution in [3.63, 3.8) is 0 Å². The van der Waals surface area contributed by atoms with Gasteiger partial charge >= 0.3 is 6.18 Å². The highest BCUT2D eigenvalue weighted by atomic mass is 19.4. The summed E-state index contributed by atoms with van der Waals surface area (Å²) in [5.74, 6) is -4.07. The van der Waals surface area contributed by atoms with E-state index in [2.05, 4.69) is 10.3 Å². The smallest absolute Gasteiger partial charge is 0.395 e. The van der Waals surface area contributed by atoms with E-state index in [9.17, 15) is 36.6 Å². The molecule has 0 unspecified atom stereocenters. The van der Waals surface area contributed by atoms with Crippen molar-refractivity contribution < 1.29 is 36.6 Å². The summed E-state index contributed by atoms with van der Waals surface area (Å²) >= 11 is 0. The Labute approximate surface area is 213 Å². The van der Waals surface area contributed by atoms with Crippen LogP contribution in [0.25, 0.3) is 5.69 Å². The lowest BCUT2D eigenvalue weighted by Gasteiger charge is -2.23. The van der Waals surface area contributed by atoms with Gasteiger partial charge in [-0.3, -0.25) is 14.2 Å². The van der Waals surface area contributed by atoms with E-state index in [1.165, 1.54) is 23.0 Å². The number of nitrogens with zero attached hydrogens (tertiary/aromatic N) is 3. The van der Waals surface area contributed by atoms with Gasteiger partial charge in [-0.2, -0.15) is 13.2 Å². The van der Waals surface area contributed by atoms with Crippen LogP contribution in [0.1, 0.15) is 53.2 Å². The third-order valence-electron chi connectivity index (χ3n) is 6.39. The number of aromatic nitrogens is 3. The summed E-state index contributed by atoms with van der Waals surface area (Å²) in [4.78, 5) is 30.2. The fourth-order valence-corrected chi connectivity index (χ4v) is 4.54. The number of hydrogen-bond acceptors (Lipinski definition) is 5. The number of benzene rings is 1. The molecule has 204 valence electrons. The van der Waals surface area contributed by atoms with Gasteiger partial charge in [-0.1, -0.05) is 0 Å². The average Bonchev–Trinajstić information content (AvgIpc) is 3.48. The standard InChI is InChI=1S/C25H25F5N4O4/c1-13-11-33(12-31-13)19-4-3-18(34(7-8-35)24(19)37)23(36)32-14(2)20-5-6-21(38-20)15-9-16(26)22(17(27)10-15)25(28,29)30/h3-4,9-12,14,20-21,35H,5-8H2,1-2H3,(H,32,36)/t14-,20-,21+/m0/s1. The SMILES string of the molecule is Cc1cn(-c2ccc(C(=O)N[C@@H](C)[C@@H]3CC[C@H](c4cc(F)c(C(F)(F)F)c(F)c4)O3)n(CCO)c2=O)cn1. The number of halogens is 5. The monoisotopic (exact) mass is 540 g/mol. The van der Waals surface area contributed by atoms with Gasteiger partial charge in [0, 0.05) is 12.7 Å². The Hall–Kier alpha value is -3.58. The number of pyridine rings is 1. The second kappa shape index (κ2) is 10.7. The fourth-order valence-electron chi connectivity index (χ4n) is 4.54. The van der Waals surface area contributed by atoms with Gasteiger partial charge in [0.1, 0.15) is 28.6 Å². The second-order valence-electron chi connectivity index (χ2n) is 9.07. The average molecular weight is 540 g/mol. The molecule has 3 atom stereocenters. The molecule has 0 radical (unpaired) electrons. The normalized spacial score (nSPS) is 18.5. The zero-order valence-corrected chi connectivity index (χ0v) is 20.4. The molecule has 0 spiro atoms. The molecule has 0 aliphatic carbocycles. The molecule has 3 heterocycles. The number of nitrogens with one attached hydrogen (secondary N) is 1. The molecule has 1 aliphatic heterocycles. The molecule has 38 heavy (non-hydrogen) atoms. The number of rotatable bonds is 7. The summed E-state index contributed by atoms with van der Waals surface area (Å²) in [6, 6.07) is 3.51. The number of carbonyl (C=O) groups is 1. The van der Waals surface area contributed by atoms with E-state index in [-0.39, 0.29) is 29.9 Å². The van der Waals surface area contributed by atoms with Gasteiger partial charge in [0.2, 0.25) is 0 Å². The molecule has 8 nitrogen and oxygen atoms in total. The van der Waals surface area contributed by atoms with Crippen molar-refractivity contribution in [2.45, 2.75) is 57.7 Å². The van der Waals surface area contributed by atoms with Crippen molar-refractivity contribution in [3.8, 4) is 5.69 Å². The van der Waals surface area contributed by atoms with Crippen molar-refractivity contribution in [2.24, 2.45) is 0 Å². The number of carbonyl (C=O) groups excluding carboxylic acids is 1. The molecule has 1 saturated heterocycles. The molecule has 1 aliphatic rings. The maximum atomic E-state index is 14.0. The van der Waals surface area contributed by atoms with Crippen LogP contribution in [-0.2, 0) is 17.5 Å². The quantitative estimate of drug-likeness (QED) is 0.446. The Bertz CT molecular complexity index is 1380. The Morgan fingerprint density at radius 1 is 1.24 bits per heavy atom. The highest BCUT2D eigenvalue weighted by Crippen LogP contribution is 2.39. The van der Waals surface area contributed by atoms with Crippen LogP contribution >= 0.6 is 0 Å². The van der Waals surface area contributed by atoms with E-state index >= 15 is 0 Å². The first-order chi connectivity index (χ1) is 17.9. The van der Waals surface area contributed by atoms with Gasteiger partial charge in [-0.15, -0.1) is 0 Å². The van der Waals surface area contributed by atoms with Gasteiger partial charge in [-0.05, 0) is 56.5 Å². The maximum Gasteiger partial charge on any atom is 0.422 e. The fraction of sp³-hybridized carbons (Fsp3) is 0.400. The first-order valence-electron chi connectivity index (χ1n) is 11.8. The van der Waals surface area contributed by atoms with E-state index in [1.807, 2.05) is 0 Å². The van der Waals surface area contributed by atoms with Crippen LogP contribution in [-0.4, -0.2) is 43.9 Å². The maximum absolute atomic E-state index is 14.0. The number of aliphatic hydroxyl groups excluding tert-OH is 1. The van der Waals surface area contributed by atoms with Gasteiger partial charge in [0.15, 0.2) is 0 Å². The zero-order valence-electron chi connectivity index (χ0n) is 20.4. The summed E-state index contributed by atoms with van der Waals surface area (Å²) in [6.45, 7) is 2.86. The van der Waals surface area contributed by atoms with E-state index in [0.29, 0.717) is 24.2 Å². The van der Waals surface area contributed by atoms with Crippen molar-refractivity contribution in [2.75, 3.05) is 6.61 Å². The Morgan fingerprint density at radius 2 is 1.92 bits per heavy atom. The molecule has 0 saturated carbocycles. The van der Waals surface area contributed by atoms with Crippen LogP contribution in [0.15, 0.2) is 41.6 Å². The van der Waals surface area contributed by atoms with Crippen LogP contribution in [0.2, 0.25) is 0 Å². The first-order valence-corrected chi connectivity index (χ1v) is 11.8. The molecule has 1 aromatic carbocycles. The number of imidazole rings is 1. The molecule has 0 bridgehead atoms. The largest absolute Gasteiger partial charge is 0.422 e. The third kappa shape index (κ3) is 5.48. The van der Waals surface area contributed by atoms with Crippen molar-refractivity contribution in [1.82, 2.24) is 19.4 Å². The predicted molar refractivity (Wildman–Crippen MR) is 125 cm³/mol. The number of ether oxygens (including phenoxy) is 1. The van der Waals surface area contributed by atoms with Gasteiger partial charge in [-0.25, -0.2) is 13.8 Å². The summed E-state index contributed by atoms with van der Waals surface area (Å²) < 4.78 is 75.1. The van der Waals surface area contributed by atoms with Crippen LogP contribution < -0.4 is 10.9 Å². The molecule has 2 aromatic heterocycles. The molecule has 1 amide bonds. The molecule has 4 rings (SSSR count). The predicted octanol–water partition coefficient (Wildman–Crippen LogP) is 3.67. The van der Waals surface area contributed by atoms with E-state index < -0.39 is 59.7 Å². The van der Waals surface area contributed by atoms with Gasteiger partial charge in [0.05, 0.1) is 36.9 Å². The molecule has 3 aromatic rings. The topological polar surface area (TPSA) is 98.4 Å². The number of amides is 1. The van der Waals surface area contributed by atoms with Crippen molar-refractivity contribution in [3.05, 3.63) is 81.3 Å². The highest BCUT2D eigenvalue weighted by molar-refractivity contribution is 5.93.